The molecule has 1 atom stereocenters. The summed E-state index contributed by atoms with van der Waals surface area (Å²) < 4.78 is 5.35. The first-order chi connectivity index (χ1) is 9.90. The van der Waals surface area contributed by atoms with Crippen LogP contribution in [0.5, 0.6) is 0 Å². The van der Waals surface area contributed by atoms with Crippen molar-refractivity contribution in [1.29, 1.82) is 0 Å². The highest BCUT2D eigenvalue weighted by atomic mass is 35.5. The maximum Gasteiger partial charge on any atom is 0.355 e. The van der Waals surface area contributed by atoms with Crippen molar-refractivity contribution < 1.29 is 19.4 Å². The van der Waals surface area contributed by atoms with Crippen LogP contribution in [0.15, 0.2) is 11.0 Å². The van der Waals surface area contributed by atoms with E-state index in [9.17, 15) is 14.7 Å². The lowest BCUT2D eigenvalue weighted by Crippen LogP contribution is -2.44. The molecule has 0 radical (unpaired) electrons. The van der Waals surface area contributed by atoms with E-state index < -0.39 is 5.97 Å². The van der Waals surface area contributed by atoms with Crippen LogP contribution in [-0.4, -0.2) is 47.0 Å². The Balaban J connectivity index is 2.45. The second kappa shape index (κ2) is 6.64. The Morgan fingerprint density at radius 3 is 2.86 bits per heavy atom. The number of ether oxygens (including phenoxy) is 1. The van der Waals surface area contributed by atoms with Gasteiger partial charge in [0.1, 0.15) is 5.82 Å². The molecule has 1 aliphatic rings. The molecule has 1 fully saturated rings. The van der Waals surface area contributed by atoms with Crippen LogP contribution in [0.2, 0.25) is 5.02 Å². The van der Waals surface area contributed by atoms with Crippen molar-refractivity contribution in [3.8, 4) is 0 Å². The van der Waals surface area contributed by atoms with E-state index >= 15 is 0 Å². The minimum atomic E-state index is -1.21. The SMILES string of the molecule is CC(=O)Sc1c(Cl)cc(N2CCOCC2C)nc1C(=O)O. The number of carboxylic acids is 1. The molecule has 1 aromatic rings. The first kappa shape index (κ1) is 16.1. The zero-order valence-corrected chi connectivity index (χ0v) is 13.2. The molecule has 1 aliphatic heterocycles. The largest absolute Gasteiger partial charge is 0.476 e. The van der Waals surface area contributed by atoms with Crippen molar-refractivity contribution in [2.45, 2.75) is 24.8 Å². The first-order valence-corrected chi connectivity index (χ1v) is 7.56. The second-order valence-electron chi connectivity index (χ2n) is 4.66. The molecule has 0 spiro atoms. The monoisotopic (exact) mass is 330 g/mol. The van der Waals surface area contributed by atoms with Crippen molar-refractivity contribution in [3.63, 3.8) is 0 Å². The maximum atomic E-state index is 11.4. The number of pyridine rings is 1. The molecular weight excluding hydrogens is 316 g/mol. The highest BCUT2D eigenvalue weighted by Gasteiger charge is 2.25. The fourth-order valence-electron chi connectivity index (χ4n) is 2.09. The number of rotatable bonds is 3. The number of morpholine rings is 1. The van der Waals surface area contributed by atoms with Gasteiger partial charge in [-0.25, -0.2) is 9.78 Å². The smallest absolute Gasteiger partial charge is 0.355 e. The van der Waals surface area contributed by atoms with E-state index in [1.165, 1.54) is 6.92 Å². The summed E-state index contributed by atoms with van der Waals surface area (Å²) in [7, 11) is 0. The van der Waals surface area contributed by atoms with Crippen LogP contribution in [0, 0.1) is 0 Å². The quantitative estimate of drug-likeness (QED) is 0.852. The van der Waals surface area contributed by atoms with Gasteiger partial charge in [0.15, 0.2) is 10.8 Å². The molecule has 2 heterocycles. The van der Waals surface area contributed by atoms with Gasteiger partial charge in [-0.15, -0.1) is 0 Å². The molecule has 0 saturated carbocycles. The molecule has 114 valence electrons. The number of nitrogens with zero attached hydrogens (tertiary/aromatic N) is 2. The Bertz CT molecular complexity index is 582. The van der Waals surface area contributed by atoms with Crippen LogP contribution in [-0.2, 0) is 9.53 Å². The number of carboxylic acid groups (broad SMARTS) is 1. The number of hydrogen-bond donors (Lipinski definition) is 1. The van der Waals surface area contributed by atoms with Gasteiger partial charge in [0.25, 0.3) is 0 Å². The summed E-state index contributed by atoms with van der Waals surface area (Å²) in [5.74, 6) is -0.718. The van der Waals surface area contributed by atoms with Crippen molar-refractivity contribution in [2.75, 3.05) is 24.7 Å². The predicted molar refractivity (Wildman–Crippen MR) is 80.4 cm³/mol. The number of aromatic carboxylic acids is 1. The summed E-state index contributed by atoms with van der Waals surface area (Å²) >= 11 is 6.93. The van der Waals surface area contributed by atoms with Gasteiger partial charge in [-0.3, -0.25) is 4.79 Å². The summed E-state index contributed by atoms with van der Waals surface area (Å²) in [4.78, 5) is 28.9. The summed E-state index contributed by atoms with van der Waals surface area (Å²) in [6, 6.07) is 1.68. The van der Waals surface area contributed by atoms with Crippen molar-refractivity contribution in [3.05, 3.63) is 16.8 Å². The maximum absolute atomic E-state index is 11.4. The van der Waals surface area contributed by atoms with Gasteiger partial charge in [0.2, 0.25) is 0 Å². The number of anilines is 1. The lowest BCUT2D eigenvalue weighted by atomic mass is 10.2. The summed E-state index contributed by atoms with van der Waals surface area (Å²) in [5, 5.41) is 9.28. The highest BCUT2D eigenvalue weighted by Crippen LogP contribution is 2.34. The summed E-state index contributed by atoms with van der Waals surface area (Å²) in [6.45, 7) is 5.03. The van der Waals surface area contributed by atoms with Crippen LogP contribution >= 0.6 is 23.4 Å². The van der Waals surface area contributed by atoms with Gasteiger partial charge in [0, 0.05) is 19.5 Å². The third kappa shape index (κ3) is 3.66. The normalized spacial score (nSPS) is 18.6. The Labute approximate surface area is 131 Å². The zero-order valence-electron chi connectivity index (χ0n) is 11.6. The molecule has 0 aromatic carbocycles. The molecule has 21 heavy (non-hydrogen) atoms. The standard InChI is InChI=1S/C13H15ClN2O4S/c1-7-6-20-4-3-16(7)10-5-9(14)12(21-8(2)17)11(15-10)13(18)19/h5,7H,3-4,6H2,1-2H3,(H,18,19). The Morgan fingerprint density at radius 1 is 1.57 bits per heavy atom. The number of carbonyl (C=O) groups is 2. The van der Waals surface area contributed by atoms with E-state index in [0.717, 1.165) is 11.8 Å². The minimum Gasteiger partial charge on any atom is -0.476 e. The molecule has 2 rings (SSSR count). The van der Waals surface area contributed by atoms with E-state index in [1.807, 2.05) is 11.8 Å². The van der Waals surface area contributed by atoms with Gasteiger partial charge in [-0.05, 0) is 18.7 Å². The van der Waals surface area contributed by atoms with Gasteiger partial charge in [0.05, 0.1) is 29.2 Å². The number of halogens is 1. The van der Waals surface area contributed by atoms with Crippen molar-refractivity contribution >= 4 is 40.3 Å². The molecule has 1 unspecified atom stereocenters. The average Bonchev–Trinajstić information content (AvgIpc) is 2.40. The molecule has 6 nitrogen and oxygen atoms in total. The van der Waals surface area contributed by atoms with Crippen LogP contribution in [0.25, 0.3) is 0 Å². The molecule has 1 aromatic heterocycles. The van der Waals surface area contributed by atoms with Crippen molar-refractivity contribution in [2.24, 2.45) is 0 Å². The van der Waals surface area contributed by atoms with Gasteiger partial charge >= 0.3 is 5.97 Å². The highest BCUT2D eigenvalue weighted by molar-refractivity contribution is 8.13. The van der Waals surface area contributed by atoms with Crippen LogP contribution < -0.4 is 4.90 Å². The van der Waals surface area contributed by atoms with Gasteiger partial charge in [-0.1, -0.05) is 11.6 Å². The zero-order chi connectivity index (χ0) is 15.6. The fourth-order valence-corrected chi connectivity index (χ4v) is 3.07. The minimum absolute atomic E-state index is 0.0790. The second-order valence-corrected chi connectivity index (χ2v) is 6.25. The third-order valence-corrected chi connectivity index (χ3v) is 4.34. The van der Waals surface area contributed by atoms with E-state index in [-0.39, 0.29) is 26.8 Å². The molecule has 8 heteroatoms. The predicted octanol–water partition coefficient (Wildman–Crippen LogP) is 2.30. The summed E-state index contributed by atoms with van der Waals surface area (Å²) in [6.07, 6.45) is 0. The van der Waals surface area contributed by atoms with Crippen LogP contribution in [0.1, 0.15) is 24.3 Å². The van der Waals surface area contributed by atoms with Gasteiger partial charge < -0.3 is 14.7 Å². The Hall–Kier alpha value is -1.31. The first-order valence-electron chi connectivity index (χ1n) is 6.36. The molecule has 1 N–H and O–H groups in total. The van der Waals surface area contributed by atoms with E-state index in [0.29, 0.717) is 25.6 Å². The lowest BCUT2D eigenvalue weighted by Gasteiger charge is -2.34. The van der Waals surface area contributed by atoms with E-state index in [2.05, 4.69) is 4.98 Å². The number of carbonyl (C=O) groups excluding carboxylic acids is 1. The molecular formula is C13H15ClN2O4S. The van der Waals surface area contributed by atoms with E-state index in [1.54, 1.807) is 6.07 Å². The molecule has 0 bridgehead atoms. The number of hydrogen-bond acceptors (Lipinski definition) is 6. The van der Waals surface area contributed by atoms with E-state index in [4.69, 9.17) is 16.3 Å². The lowest BCUT2D eigenvalue weighted by molar-refractivity contribution is -0.109. The molecule has 0 aliphatic carbocycles. The van der Waals surface area contributed by atoms with Crippen LogP contribution in [0.3, 0.4) is 0 Å². The van der Waals surface area contributed by atoms with Crippen molar-refractivity contribution in [1.82, 2.24) is 4.98 Å². The molecule has 1 saturated heterocycles. The Morgan fingerprint density at radius 2 is 2.29 bits per heavy atom. The average molecular weight is 331 g/mol. The third-order valence-electron chi connectivity index (χ3n) is 3.02. The number of thioether (sulfide) groups is 1. The van der Waals surface area contributed by atoms with Crippen LogP contribution in [0.4, 0.5) is 5.82 Å². The fraction of sp³-hybridized carbons (Fsp3) is 0.462. The topological polar surface area (TPSA) is 79.7 Å². The van der Waals surface area contributed by atoms with Gasteiger partial charge in [-0.2, -0.15) is 0 Å². The summed E-state index contributed by atoms with van der Waals surface area (Å²) in [5.41, 5.74) is -0.198. The Kier molecular flexibility index (Phi) is 5.08. The molecule has 0 amide bonds. The number of aromatic nitrogens is 1.